The number of aromatic hydroxyl groups is 1. The van der Waals surface area contributed by atoms with Crippen molar-refractivity contribution in [1.29, 1.82) is 0 Å². The Morgan fingerprint density at radius 2 is 2.20 bits per heavy atom. The van der Waals surface area contributed by atoms with Crippen LogP contribution in [0.25, 0.3) is 11.0 Å². The number of fused-ring (bicyclic) bond motifs is 2. The molecule has 0 spiro atoms. The van der Waals surface area contributed by atoms with Crippen LogP contribution in [0.15, 0.2) is 36.4 Å². The molecule has 2 heterocycles. The molecule has 6 heteroatoms. The van der Waals surface area contributed by atoms with Crippen LogP contribution in [0.4, 0.5) is 5.69 Å². The number of rotatable bonds is 2. The summed E-state index contributed by atoms with van der Waals surface area (Å²) in [6.45, 7) is 0.546. The van der Waals surface area contributed by atoms with E-state index in [2.05, 4.69) is 13.3 Å². The molecule has 1 aliphatic heterocycles. The van der Waals surface area contributed by atoms with E-state index in [4.69, 9.17) is 4.74 Å². The van der Waals surface area contributed by atoms with Gasteiger partial charge in [-0.3, -0.25) is 0 Å². The van der Waals surface area contributed by atoms with E-state index in [-0.39, 0.29) is 26.8 Å². The molecule has 2 N–H and O–H groups in total. The van der Waals surface area contributed by atoms with Gasteiger partial charge in [-0.25, -0.2) is 0 Å². The van der Waals surface area contributed by atoms with E-state index in [1.807, 2.05) is 24.3 Å². The molecule has 0 fully saturated rings. The number of nitrogens with zero attached hydrogens (tertiary/aromatic N) is 2. The quantitative estimate of drug-likeness (QED) is 0.702. The average molecular weight is 332 g/mol. The summed E-state index contributed by atoms with van der Waals surface area (Å²) in [5.74, 6) is 0.961. The van der Waals surface area contributed by atoms with Crippen molar-refractivity contribution < 1.29 is 9.84 Å². The second kappa shape index (κ2) is 4.51. The first-order valence-electron chi connectivity index (χ1n) is 6.25. The van der Waals surface area contributed by atoms with Gasteiger partial charge in [0.15, 0.2) is 0 Å². The van der Waals surface area contributed by atoms with Crippen LogP contribution in [-0.2, 0) is 0 Å². The number of phenols is 1. The summed E-state index contributed by atoms with van der Waals surface area (Å²) in [6.07, 6.45) is 0. The van der Waals surface area contributed by atoms with Crippen molar-refractivity contribution in [2.24, 2.45) is 0 Å². The van der Waals surface area contributed by atoms with E-state index < -0.39 is 0 Å². The van der Waals surface area contributed by atoms with E-state index in [0.29, 0.717) is 6.61 Å². The summed E-state index contributed by atoms with van der Waals surface area (Å²) in [4.78, 5) is 0. The van der Waals surface area contributed by atoms with Crippen molar-refractivity contribution in [3.63, 3.8) is 0 Å². The van der Waals surface area contributed by atoms with Crippen molar-refractivity contribution in [3.8, 4) is 11.5 Å². The summed E-state index contributed by atoms with van der Waals surface area (Å²) in [7, 11) is 0. The second-order valence-corrected chi connectivity index (χ2v) is 5.78. The first-order chi connectivity index (χ1) is 9.81. The molecule has 2 aromatic carbocycles. The summed E-state index contributed by atoms with van der Waals surface area (Å²) >= 11 is -0.0318. The van der Waals surface area contributed by atoms with Crippen LogP contribution in [0.3, 0.4) is 0 Å². The van der Waals surface area contributed by atoms with Gasteiger partial charge >= 0.3 is 121 Å². The van der Waals surface area contributed by atoms with Gasteiger partial charge in [0.2, 0.25) is 0 Å². The monoisotopic (exact) mass is 333 g/mol. The maximum atomic E-state index is 9.47. The van der Waals surface area contributed by atoms with E-state index in [1.54, 1.807) is 12.1 Å². The Hall–Kier alpha value is -2.04. The van der Waals surface area contributed by atoms with Crippen molar-refractivity contribution >= 4 is 31.7 Å². The molecule has 3 aromatic rings. The summed E-state index contributed by atoms with van der Waals surface area (Å²) < 4.78 is 14.5. The molecule has 0 saturated heterocycles. The number of phenolic OH excluding ortho intramolecular Hbond substituents is 1. The van der Waals surface area contributed by atoms with Crippen LogP contribution in [0, 0.1) is 0 Å². The first-order valence-corrected chi connectivity index (χ1v) is 7.78. The molecule has 0 bridgehead atoms. The van der Waals surface area contributed by atoms with Crippen molar-refractivity contribution in [1.82, 2.24) is 7.96 Å². The third-order valence-electron chi connectivity index (χ3n) is 3.39. The van der Waals surface area contributed by atoms with Crippen molar-refractivity contribution in [3.05, 3.63) is 42.0 Å². The molecule has 0 aliphatic carbocycles. The molecule has 5 nitrogen and oxygen atoms in total. The van der Waals surface area contributed by atoms with Crippen LogP contribution in [0.5, 0.6) is 11.5 Å². The number of aromatic nitrogens is 2. The predicted octanol–water partition coefficient (Wildman–Crippen LogP) is 1.94. The Balaban J connectivity index is 1.70. The molecule has 1 aromatic heterocycles. The van der Waals surface area contributed by atoms with Crippen LogP contribution in [-0.4, -0.2) is 34.6 Å². The number of hydrogen-bond acceptors (Lipinski definition) is 5. The summed E-state index contributed by atoms with van der Waals surface area (Å²) in [5.41, 5.74) is 3.94. The van der Waals surface area contributed by atoms with Crippen molar-refractivity contribution in [2.75, 3.05) is 11.9 Å². The van der Waals surface area contributed by atoms with Crippen molar-refractivity contribution in [2.45, 2.75) is 6.04 Å². The van der Waals surface area contributed by atoms with Crippen LogP contribution < -0.4 is 10.1 Å². The zero-order valence-electron chi connectivity index (χ0n) is 10.4. The molecule has 0 amide bonds. The Morgan fingerprint density at radius 3 is 3.15 bits per heavy atom. The van der Waals surface area contributed by atoms with Gasteiger partial charge in [0.1, 0.15) is 0 Å². The van der Waals surface area contributed by atoms with Crippen LogP contribution in [0.2, 0.25) is 0 Å². The van der Waals surface area contributed by atoms with Gasteiger partial charge in [0.25, 0.3) is 0 Å². The molecular weight excluding hydrogens is 321 g/mol. The molecule has 1 unspecified atom stereocenters. The Bertz CT molecular complexity index is 787. The molecule has 100 valence electrons. The number of hydrogen-bond donors (Lipinski definition) is 2. The molecule has 1 atom stereocenters. The minimum atomic E-state index is -0.0318. The van der Waals surface area contributed by atoms with Gasteiger partial charge < -0.3 is 0 Å². The Morgan fingerprint density at radius 1 is 1.25 bits per heavy atom. The van der Waals surface area contributed by atoms with Gasteiger partial charge in [-0.2, -0.15) is 0 Å². The van der Waals surface area contributed by atoms with E-state index in [0.717, 1.165) is 28.0 Å². The minimum absolute atomic E-state index is 0.0318. The average Bonchev–Trinajstić information content (AvgIpc) is 3.06. The fourth-order valence-corrected chi connectivity index (χ4v) is 3.58. The molecule has 4 rings (SSSR count). The zero-order chi connectivity index (χ0) is 13.5. The van der Waals surface area contributed by atoms with E-state index >= 15 is 0 Å². The van der Waals surface area contributed by atoms with Crippen LogP contribution in [0.1, 0.15) is 11.6 Å². The predicted molar refractivity (Wildman–Crippen MR) is 76.4 cm³/mol. The molecule has 0 saturated carbocycles. The fraction of sp³-hybridized carbons (Fsp3) is 0.143. The number of ether oxygens (including phenoxy) is 1. The third kappa shape index (κ3) is 1.85. The maximum absolute atomic E-state index is 9.47. The van der Waals surface area contributed by atoms with Gasteiger partial charge in [-0.05, 0) is 0 Å². The number of benzene rings is 2. The summed E-state index contributed by atoms with van der Waals surface area (Å²) in [5, 5.41) is 12.9. The zero-order valence-corrected chi connectivity index (χ0v) is 12.1. The van der Waals surface area contributed by atoms with Gasteiger partial charge in [0.05, 0.1) is 0 Å². The Kier molecular flexibility index (Phi) is 2.65. The first kappa shape index (κ1) is 11.8. The van der Waals surface area contributed by atoms with Crippen LogP contribution >= 0.6 is 0 Å². The standard InChI is InChI=1S/C14H11N3O2Se/c18-8-4-5-9-12(7-19-13(9)6-8)15-10-2-1-3-11-14(10)17-20-16-11/h1-6,12,15,18H,7H2. The topological polar surface area (TPSA) is 67.3 Å². The summed E-state index contributed by atoms with van der Waals surface area (Å²) in [6, 6.07) is 11.3. The Labute approximate surface area is 121 Å². The second-order valence-electron chi connectivity index (χ2n) is 4.67. The number of anilines is 1. The van der Waals surface area contributed by atoms with Gasteiger partial charge in [-0.1, -0.05) is 0 Å². The SMILES string of the molecule is Oc1ccc2c(c1)OCC2Nc1cccc2n[se]nc12. The molecule has 1 aliphatic rings. The van der Waals surface area contributed by atoms with E-state index in [1.165, 1.54) is 0 Å². The number of nitrogens with one attached hydrogen (secondary N) is 1. The molecule has 0 radical (unpaired) electrons. The van der Waals surface area contributed by atoms with Gasteiger partial charge in [0, 0.05) is 0 Å². The van der Waals surface area contributed by atoms with E-state index in [9.17, 15) is 5.11 Å². The molecular formula is C14H11N3O2Se. The van der Waals surface area contributed by atoms with Gasteiger partial charge in [-0.15, -0.1) is 0 Å². The third-order valence-corrected chi connectivity index (χ3v) is 4.53. The fourth-order valence-electron chi connectivity index (χ4n) is 2.43. The molecule has 20 heavy (non-hydrogen) atoms. The normalized spacial score (nSPS) is 16.9.